The Bertz CT molecular complexity index is 1010. The van der Waals surface area contributed by atoms with E-state index in [0.717, 1.165) is 24.0 Å². The van der Waals surface area contributed by atoms with Gasteiger partial charge in [0.05, 0.1) is 17.4 Å². The van der Waals surface area contributed by atoms with Gasteiger partial charge in [0.15, 0.2) is 0 Å². The van der Waals surface area contributed by atoms with Crippen LogP contribution in [0.25, 0.3) is 33.3 Å². The van der Waals surface area contributed by atoms with Crippen molar-refractivity contribution >= 4 is 11.0 Å². The Morgan fingerprint density at radius 3 is 2.50 bits per heavy atom. The van der Waals surface area contributed by atoms with E-state index in [9.17, 15) is 0 Å². The third kappa shape index (κ3) is 3.13. The van der Waals surface area contributed by atoms with Crippen molar-refractivity contribution in [2.75, 3.05) is 0 Å². The molecule has 0 radical (unpaired) electrons. The first-order valence-corrected chi connectivity index (χ1v) is 9.22. The minimum absolute atomic E-state index is 1.00. The highest BCUT2D eigenvalue weighted by atomic mass is 15.0. The summed E-state index contributed by atoms with van der Waals surface area (Å²) in [5.74, 6) is 0. The van der Waals surface area contributed by atoms with Gasteiger partial charge < -0.3 is 4.57 Å². The van der Waals surface area contributed by atoms with Crippen LogP contribution in [0.2, 0.25) is 0 Å². The molecule has 4 rings (SSSR count). The second-order valence-corrected chi connectivity index (χ2v) is 6.79. The molecule has 3 heteroatoms. The van der Waals surface area contributed by atoms with Crippen molar-refractivity contribution in [3.05, 3.63) is 72.8 Å². The van der Waals surface area contributed by atoms with E-state index in [1.807, 2.05) is 24.8 Å². The van der Waals surface area contributed by atoms with Crippen molar-refractivity contribution in [1.29, 1.82) is 0 Å². The molecule has 0 unspecified atom stereocenters. The lowest BCUT2D eigenvalue weighted by Gasteiger charge is -2.12. The lowest BCUT2D eigenvalue weighted by molar-refractivity contribution is 0.646. The van der Waals surface area contributed by atoms with Gasteiger partial charge in [0.25, 0.3) is 0 Å². The normalized spacial score (nSPS) is 11.2. The molecule has 26 heavy (non-hydrogen) atoms. The van der Waals surface area contributed by atoms with E-state index in [1.54, 1.807) is 0 Å². The molecule has 0 saturated carbocycles. The molecule has 2 aromatic carbocycles. The van der Waals surface area contributed by atoms with Crippen LogP contribution in [0.4, 0.5) is 0 Å². The fraction of sp³-hybridized carbons (Fsp3) is 0.217. The molecule has 4 aromatic rings. The predicted octanol–water partition coefficient (Wildman–Crippen LogP) is 5.87. The molecular weight excluding hydrogens is 318 g/mol. The monoisotopic (exact) mass is 341 g/mol. The molecule has 0 bridgehead atoms. The number of pyridine rings is 1. The van der Waals surface area contributed by atoms with Gasteiger partial charge in [-0.25, -0.2) is 4.98 Å². The van der Waals surface area contributed by atoms with Crippen LogP contribution in [-0.4, -0.2) is 14.5 Å². The van der Waals surface area contributed by atoms with E-state index in [-0.39, 0.29) is 0 Å². The maximum absolute atomic E-state index is 4.66. The van der Waals surface area contributed by atoms with Gasteiger partial charge in [-0.15, -0.1) is 0 Å². The zero-order chi connectivity index (χ0) is 17.9. The summed E-state index contributed by atoms with van der Waals surface area (Å²) in [7, 11) is 0. The first-order chi connectivity index (χ1) is 12.8. The lowest BCUT2D eigenvalue weighted by atomic mass is 9.94. The smallest absolute Gasteiger partial charge is 0.0958 e. The summed E-state index contributed by atoms with van der Waals surface area (Å²) < 4.78 is 2.26. The highest BCUT2D eigenvalue weighted by Crippen LogP contribution is 2.35. The van der Waals surface area contributed by atoms with Gasteiger partial charge >= 0.3 is 0 Å². The fourth-order valence-electron chi connectivity index (χ4n) is 3.34. The third-order valence-electron chi connectivity index (χ3n) is 4.85. The highest BCUT2D eigenvalue weighted by molar-refractivity contribution is 5.93. The average molecular weight is 341 g/mol. The molecule has 130 valence electrons. The summed E-state index contributed by atoms with van der Waals surface area (Å²) in [4.78, 5) is 8.98. The number of fused-ring (bicyclic) bond motifs is 1. The molecule has 3 nitrogen and oxygen atoms in total. The lowest BCUT2D eigenvalue weighted by Crippen LogP contribution is -1.96. The van der Waals surface area contributed by atoms with Crippen molar-refractivity contribution in [3.63, 3.8) is 0 Å². The number of hydrogen-bond acceptors (Lipinski definition) is 2. The Labute approximate surface area is 154 Å². The molecule has 0 aliphatic rings. The van der Waals surface area contributed by atoms with Crippen LogP contribution in [0.15, 0.2) is 67.3 Å². The Morgan fingerprint density at radius 1 is 0.962 bits per heavy atom. The Morgan fingerprint density at radius 2 is 1.77 bits per heavy atom. The standard InChI is InChI=1S/C23H23N3/c1-3-4-12-26-16-25-22-13-20(18-9-7-17(2)8-10-18)21(14-23(22)26)19-6-5-11-24-15-19/h5-11,13-16H,3-4,12H2,1-2H3. The first kappa shape index (κ1) is 16.5. The fourth-order valence-corrected chi connectivity index (χ4v) is 3.34. The SMILES string of the molecule is CCCCn1cnc2cc(-c3ccc(C)cc3)c(-c3cccnc3)cc21. The molecule has 2 aromatic heterocycles. The molecule has 0 saturated heterocycles. The number of aromatic nitrogens is 3. The van der Waals surface area contributed by atoms with Crippen LogP contribution in [-0.2, 0) is 6.54 Å². The van der Waals surface area contributed by atoms with Crippen LogP contribution in [0, 0.1) is 6.92 Å². The van der Waals surface area contributed by atoms with Gasteiger partial charge in [-0.2, -0.15) is 0 Å². The average Bonchev–Trinajstić information content (AvgIpc) is 3.08. The summed E-state index contributed by atoms with van der Waals surface area (Å²) in [5, 5.41) is 0. The molecule has 0 spiro atoms. The summed E-state index contributed by atoms with van der Waals surface area (Å²) in [6.07, 6.45) is 8.06. The topological polar surface area (TPSA) is 30.7 Å². The Balaban J connectivity index is 1.93. The number of aryl methyl sites for hydroxylation is 2. The third-order valence-corrected chi connectivity index (χ3v) is 4.85. The second kappa shape index (κ2) is 7.12. The van der Waals surface area contributed by atoms with Crippen molar-refractivity contribution in [2.24, 2.45) is 0 Å². The molecule has 0 aliphatic carbocycles. The van der Waals surface area contributed by atoms with Crippen LogP contribution in [0.3, 0.4) is 0 Å². The van der Waals surface area contributed by atoms with Gasteiger partial charge in [-0.05, 0) is 48.2 Å². The Hall–Kier alpha value is -2.94. The number of benzene rings is 2. The number of imidazole rings is 1. The van der Waals surface area contributed by atoms with Crippen LogP contribution in [0.1, 0.15) is 25.3 Å². The van der Waals surface area contributed by atoms with E-state index >= 15 is 0 Å². The van der Waals surface area contributed by atoms with Gasteiger partial charge in [0.2, 0.25) is 0 Å². The number of nitrogens with zero attached hydrogens (tertiary/aromatic N) is 3. The molecule has 0 fully saturated rings. The minimum atomic E-state index is 1.00. The number of hydrogen-bond donors (Lipinski definition) is 0. The predicted molar refractivity (Wildman–Crippen MR) is 108 cm³/mol. The molecule has 0 N–H and O–H groups in total. The minimum Gasteiger partial charge on any atom is -0.331 e. The number of rotatable bonds is 5. The molecule has 0 amide bonds. The summed E-state index contributed by atoms with van der Waals surface area (Å²) in [5.41, 5.74) is 8.24. The van der Waals surface area contributed by atoms with Gasteiger partial charge in [-0.3, -0.25) is 4.98 Å². The molecule has 0 aliphatic heterocycles. The second-order valence-electron chi connectivity index (χ2n) is 6.79. The summed E-state index contributed by atoms with van der Waals surface area (Å²) in [6, 6.07) is 17.3. The zero-order valence-corrected chi connectivity index (χ0v) is 15.3. The maximum atomic E-state index is 4.66. The van der Waals surface area contributed by atoms with Gasteiger partial charge in [0, 0.05) is 24.5 Å². The van der Waals surface area contributed by atoms with Crippen molar-refractivity contribution < 1.29 is 0 Å². The maximum Gasteiger partial charge on any atom is 0.0958 e. The van der Waals surface area contributed by atoms with E-state index in [0.29, 0.717) is 0 Å². The number of unbranched alkanes of at least 4 members (excludes halogenated alkanes) is 1. The largest absolute Gasteiger partial charge is 0.331 e. The van der Waals surface area contributed by atoms with E-state index < -0.39 is 0 Å². The molecule has 2 heterocycles. The highest BCUT2D eigenvalue weighted by Gasteiger charge is 2.13. The van der Waals surface area contributed by atoms with E-state index in [2.05, 4.69) is 70.8 Å². The van der Waals surface area contributed by atoms with E-state index in [4.69, 9.17) is 0 Å². The Kier molecular flexibility index (Phi) is 4.53. The van der Waals surface area contributed by atoms with Crippen LogP contribution in [0.5, 0.6) is 0 Å². The quantitative estimate of drug-likeness (QED) is 0.454. The molecule has 0 atom stereocenters. The van der Waals surface area contributed by atoms with Crippen LogP contribution >= 0.6 is 0 Å². The van der Waals surface area contributed by atoms with Crippen molar-refractivity contribution in [1.82, 2.24) is 14.5 Å². The molecular formula is C23H23N3. The first-order valence-electron chi connectivity index (χ1n) is 9.22. The van der Waals surface area contributed by atoms with E-state index in [1.165, 1.54) is 34.2 Å². The van der Waals surface area contributed by atoms with Crippen molar-refractivity contribution in [3.8, 4) is 22.3 Å². The summed E-state index contributed by atoms with van der Waals surface area (Å²) in [6.45, 7) is 5.34. The zero-order valence-electron chi connectivity index (χ0n) is 15.3. The van der Waals surface area contributed by atoms with Crippen LogP contribution < -0.4 is 0 Å². The summed E-state index contributed by atoms with van der Waals surface area (Å²) >= 11 is 0. The van der Waals surface area contributed by atoms with Crippen molar-refractivity contribution in [2.45, 2.75) is 33.2 Å². The van der Waals surface area contributed by atoms with Gasteiger partial charge in [0.1, 0.15) is 0 Å². The van der Waals surface area contributed by atoms with Gasteiger partial charge in [-0.1, -0.05) is 49.2 Å².